The molecule has 1 aliphatic carbocycles. The van der Waals surface area contributed by atoms with Gasteiger partial charge in [-0.3, -0.25) is 19.5 Å². The van der Waals surface area contributed by atoms with Crippen molar-refractivity contribution in [3.05, 3.63) is 47.7 Å². The van der Waals surface area contributed by atoms with Crippen molar-refractivity contribution < 1.29 is 24.6 Å². The van der Waals surface area contributed by atoms with E-state index in [1.807, 2.05) is 31.2 Å². The molecule has 0 radical (unpaired) electrons. The Morgan fingerprint density at radius 2 is 1.63 bits per heavy atom. The van der Waals surface area contributed by atoms with E-state index in [-0.39, 0.29) is 12.8 Å². The van der Waals surface area contributed by atoms with E-state index in [1.165, 1.54) is 11.8 Å². The van der Waals surface area contributed by atoms with Gasteiger partial charge >= 0.3 is 11.9 Å². The lowest BCUT2D eigenvalue weighted by atomic mass is 10.1. The third-order valence-electron chi connectivity index (χ3n) is 6.58. The molecule has 4 N–H and O–H groups in total. The van der Waals surface area contributed by atoms with E-state index in [2.05, 4.69) is 44.5 Å². The number of anilines is 3. The van der Waals surface area contributed by atoms with Gasteiger partial charge in [0, 0.05) is 61.2 Å². The summed E-state index contributed by atoms with van der Waals surface area (Å²) in [5.74, 6) is 0.884. The van der Waals surface area contributed by atoms with Crippen LogP contribution in [-0.4, -0.2) is 86.2 Å². The van der Waals surface area contributed by atoms with Crippen LogP contribution in [0.4, 0.5) is 17.5 Å². The minimum absolute atomic E-state index is 0.296. The molecular weight excluding hydrogens is 546 g/mol. The van der Waals surface area contributed by atoms with E-state index in [1.54, 1.807) is 0 Å². The molecule has 41 heavy (non-hydrogen) atoms. The number of carbonyl (C=O) groups is 3. The second-order valence-electron chi connectivity index (χ2n) is 10.2. The number of aromatic nitrogens is 4. The van der Waals surface area contributed by atoms with Crippen LogP contribution in [0.15, 0.2) is 46.5 Å². The van der Waals surface area contributed by atoms with Crippen molar-refractivity contribution >= 4 is 46.9 Å². The normalized spacial score (nSPS) is 15.1. The number of aliphatic carboxylic acids is 2. The first-order valence-electron chi connectivity index (χ1n) is 13.5. The smallest absolute Gasteiger partial charge is 0.303 e. The largest absolute Gasteiger partial charge is 0.481 e. The van der Waals surface area contributed by atoms with E-state index >= 15 is 0 Å². The van der Waals surface area contributed by atoms with Crippen LogP contribution in [0, 0.1) is 12.8 Å². The fourth-order valence-electron chi connectivity index (χ4n) is 4.08. The summed E-state index contributed by atoms with van der Waals surface area (Å²) in [5.41, 5.74) is 2.06. The quantitative estimate of drug-likeness (QED) is 0.244. The van der Waals surface area contributed by atoms with Crippen LogP contribution in [0.25, 0.3) is 0 Å². The molecule has 0 unspecified atom stereocenters. The Kier molecular flexibility index (Phi) is 10.3. The number of carboxylic acid groups (broad SMARTS) is 2. The van der Waals surface area contributed by atoms with Crippen LogP contribution in [0.3, 0.4) is 0 Å². The van der Waals surface area contributed by atoms with Gasteiger partial charge in [0.1, 0.15) is 17.4 Å². The van der Waals surface area contributed by atoms with Crippen molar-refractivity contribution in [1.82, 2.24) is 25.1 Å². The number of aromatic amines is 1. The minimum atomic E-state index is -1.08. The van der Waals surface area contributed by atoms with E-state index in [4.69, 9.17) is 20.2 Å². The number of Topliss-reactive ketones (excluding diaryl/α,β-unsaturated/α-hetero) is 1. The molecule has 0 amide bonds. The van der Waals surface area contributed by atoms with Crippen LogP contribution in [0.1, 0.15) is 36.9 Å². The molecule has 3 heterocycles. The number of likely N-dealkylation sites (N-methyl/N-ethyl adjacent to an activating group) is 1. The Labute approximate surface area is 242 Å². The Morgan fingerprint density at radius 1 is 0.976 bits per heavy atom. The molecule has 1 saturated carbocycles. The lowest BCUT2D eigenvalue weighted by Crippen LogP contribution is -2.44. The SMILES string of the molecule is Cc1cc(Nc2cc(N3CCN(C)CC3)nc(Sc3ccc(CC(=O)C4CC4)cc3)n2)n[nH]1.O=C(O)CCC(=O)O. The third kappa shape index (κ3) is 9.87. The standard InChI is InChI=1S/C24H29N7OS.C4H6O4/c1-16-13-22(29-28-16)25-21-15-23(31-11-9-30(2)10-12-31)27-24(26-21)33-19-7-3-17(4-8-19)14-20(32)18-5-6-18;5-3(6)1-2-4(7)8/h3-4,7-8,13,15,18H,5-6,9-12,14H2,1-2H3,(H2,25,26,27,28,29);1-2H2,(H,5,6)(H,7,8). The summed E-state index contributed by atoms with van der Waals surface area (Å²) in [6.45, 7) is 5.85. The fourth-order valence-corrected chi connectivity index (χ4v) is 4.84. The third-order valence-corrected chi connectivity index (χ3v) is 7.45. The zero-order chi connectivity index (χ0) is 29.4. The molecule has 1 aliphatic heterocycles. The zero-order valence-corrected chi connectivity index (χ0v) is 24.0. The number of carboxylic acids is 2. The number of piperazine rings is 1. The van der Waals surface area contributed by atoms with Crippen molar-refractivity contribution in [2.24, 2.45) is 5.92 Å². The maximum absolute atomic E-state index is 12.1. The number of aryl methyl sites for hydroxylation is 1. The van der Waals surface area contributed by atoms with E-state index in [0.717, 1.165) is 72.6 Å². The van der Waals surface area contributed by atoms with Gasteiger partial charge in [0.05, 0.1) is 12.8 Å². The number of carbonyl (C=O) groups excluding carboxylic acids is 1. The molecule has 2 aliphatic rings. The fraction of sp³-hybridized carbons (Fsp3) is 0.429. The highest BCUT2D eigenvalue weighted by atomic mass is 32.2. The molecule has 12 nitrogen and oxygen atoms in total. The Balaban J connectivity index is 0.000000426. The Hall–Kier alpha value is -3.97. The van der Waals surface area contributed by atoms with Crippen molar-refractivity contribution in [1.29, 1.82) is 0 Å². The summed E-state index contributed by atoms with van der Waals surface area (Å²) < 4.78 is 0. The predicted octanol–water partition coefficient (Wildman–Crippen LogP) is 3.61. The number of nitrogens with one attached hydrogen (secondary N) is 2. The molecular formula is C28H35N7O5S. The van der Waals surface area contributed by atoms with Crippen LogP contribution < -0.4 is 10.2 Å². The molecule has 2 aromatic heterocycles. The summed E-state index contributed by atoms with van der Waals surface area (Å²) in [6.07, 6.45) is 2.05. The molecule has 13 heteroatoms. The topological polar surface area (TPSA) is 165 Å². The maximum Gasteiger partial charge on any atom is 0.303 e. The molecule has 1 aromatic carbocycles. The van der Waals surface area contributed by atoms with E-state index in [9.17, 15) is 14.4 Å². The first-order valence-corrected chi connectivity index (χ1v) is 14.3. The van der Waals surface area contributed by atoms with Gasteiger partial charge in [-0.2, -0.15) is 5.10 Å². The summed E-state index contributed by atoms with van der Waals surface area (Å²) >= 11 is 1.53. The van der Waals surface area contributed by atoms with Gasteiger partial charge in [-0.05, 0) is 56.3 Å². The summed E-state index contributed by atoms with van der Waals surface area (Å²) in [4.78, 5) is 46.7. The van der Waals surface area contributed by atoms with Gasteiger partial charge < -0.3 is 25.3 Å². The zero-order valence-electron chi connectivity index (χ0n) is 23.2. The van der Waals surface area contributed by atoms with Crippen molar-refractivity contribution in [2.75, 3.05) is 43.4 Å². The van der Waals surface area contributed by atoms with E-state index in [0.29, 0.717) is 23.3 Å². The van der Waals surface area contributed by atoms with Gasteiger partial charge in [0.15, 0.2) is 11.0 Å². The monoisotopic (exact) mass is 581 g/mol. The summed E-state index contributed by atoms with van der Waals surface area (Å²) in [6, 6.07) is 12.1. The molecule has 0 spiro atoms. The molecule has 5 rings (SSSR count). The number of H-pyrrole nitrogens is 1. The molecule has 218 valence electrons. The van der Waals surface area contributed by atoms with Crippen molar-refractivity contribution in [2.45, 2.75) is 49.1 Å². The van der Waals surface area contributed by atoms with Gasteiger partial charge in [0.25, 0.3) is 0 Å². The van der Waals surface area contributed by atoms with Crippen molar-refractivity contribution in [3.63, 3.8) is 0 Å². The number of benzene rings is 1. The number of nitrogens with zero attached hydrogens (tertiary/aromatic N) is 5. The van der Waals surface area contributed by atoms with E-state index < -0.39 is 11.9 Å². The molecule has 0 bridgehead atoms. The van der Waals surface area contributed by atoms with Gasteiger partial charge in [-0.25, -0.2) is 9.97 Å². The second-order valence-corrected chi connectivity index (χ2v) is 11.2. The van der Waals surface area contributed by atoms with Crippen LogP contribution in [0.5, 0.6) is 0 Å². The van der Waals surface area contributed by atoms with Gasteiger partial charge in [-0.1, -0.05) is 12.1 Å². The number of rotatable bonds is 11. The van der Waals surface area contributed by atoms with Gasteiger partial charge in [0.2, 0.25) is 0 Å². The van der Waals surface area contributed by atoms with Crippen LogP contribution >= 0.6 is 11.8 Å². The second kappa shape index (κ2) is 14.1. The molecule has 3 aromatic rings. The molecule has 2 fully saturated rings. The average Bonchev–Trinajstić information content (AvgIpc) is 3.71. The highest BCUT2D eigenvalue weighted by Crippen LogP contribution is 2.32. The first kappa shape index (κ1) is 30.0. The highest BCUT2D eigenvalue weighted by molar-refractivity contribution is 7.99. The first-order chi connectivity index (χ1) is 19.6. The highest BCUT2D eigenvalue weighted by Gasteiger charge is 2.29. The predicted molar refractivity (Wildman–Crippen MR) is 155 cm³/mol. The molecule has 1 saturated heterocycles. The lowest BCUT2D eigenvalue weighted by molar-refractivity contribution is -0.143. The number of hydrogen-bond acceptors (Lipinski definition) is 10. The number of ketones is 1. The summed E-state index contributed by atoms with van der Waals surface area (Å²) in [5, 5.41) is 27.0. The Bertz CT molecular complexity index is 1340. The molecule has 0 atom stereocenters. The number of hydrogen-bond donors (Lipinski definition) is 4. The maximum atomic E-state index is 12.1. The van der Waals surface area contributed by atoms with Crippen LogP contribution in [0.2, 0.25) is 0 Å². The minimum Gasteiger partial charge on any atom is -0.481 e. The van der Waals surface area contributed by atoms with Crippen LogP contribution in [-0.2, 0) is 20.8 Å². The summed E-state index contributed by atoms with van der Waals surface area (Å²) in [7, 11) is 2.15. The van der Waals surface area contributed by atoms with Gasteiger partial charge in [-0.15, -0.1) is 0 Å². The average molecular weight is 582 g/mol. The Morgan fingerprint density at radius 3 is 2.20 bits per heavy atom. The van der Waals surface area contributed by atoms with Crippen molar-refractivity contribution in [3.8, 4) is 0 Å². The lowest BCUT2D eigenvalue weighted by Gasteiger charge is -2.33.